The number of carboxylic acid groups (broad SMARTS) is 1. The van der Waals surface area contributed by atoms with Crippen LogP contribution in [0.3, 0.4) is 0 Å². The van der Waals surface area contributed by atoms with Crippen molar-refractivity contribution in [3.8, 4) is 0 Å². The molecule has 18 heavy (non-hydrogen) atoms. The molecule has 0 aromatic carbocycles. The Hall–Kier alpha value is -0.750. The molecule has 4 nitrogen and oxygen atoms in total. The molecule has 1 rings (SSSR count). The minimum Gasteiger partial charge on any atom is -0.477 e. The first-order valence-electron chi connectivity index (χ1n) is 5.72. The third-order valence-corrected chi connectivity index (χ3v) is 4.23. The van der Waals surface area contributed by atoms with Crippen molar-refractivity contribution in [2.75, 3.05) is 30.5 Å². The summed E-state index contributed by atoms with van der Waals surface area (Å²) >= 11 is 3.03. The minimum absolute atomic E-state index is 0.247. The Morgan fingerprint density at radius 2 is 2.11 bits per heavy atom. The zero-order valence-corrected chi connectivity index (χ0v) is 13.1. The molecule has 0 radical (unpaired) electrons. The van der Waals surface area contributed by atoms with Crippen molar-refractivity contribution in [2.24, 2.45) is 0 Å². The number of nitrogens with zero attached hydrogens (tertiary/aromatic N) is 2. The van der Waals surface area contributed by atoms with Crippen LogP contribution in [-0.2, 0) is 5.41 Å². The van der Waals surface area contributed by atoms with E-state index in [4.69, 9.17) is 0 Å². The molecule has 0 fully saturated rings. The van der Waals surface area contributed by atoms with E-state index in [1.165, 1.54) is 11.3 Å². The van der Waals surface area contributed by atoms with Crippen LogP contribution >= 0.6 is 23.1 Å². The Kier molecular flexibility index (Phi) is 5.04. The Morgan fingerprint density at radius 1 is 1.50 bits per heavy atom. The Labute approximate surface area is 116 Å². The number of carboxylic acids is 1. The largest absolute Gasteiger partial charge is 0.477 e. The fourth-order valence-corrected chi connectivity index (χ4v) is 3.01. The van der Waals surface area contributed by atoms with Gasteiger partial charge in [-0.3, -0.25) is 0 Å². The maximum absolute atomic E-state index is 11.3. The van der Waals surface area contributed by atoms with E-state index in [-0.39, 0.29) is 5.41 Å². The van der Waals surface area contributed by atoms with E-state index in [9.17, 15) is 9.90 Å². The van der Waals surface area contributed by atoms with Crippen molar-refractivity contribution < 1.29 is 9.90 Å². The van der Waals surface area contributed by atoms with E-state index in [0.717, 1.165) is 17.4 Å². The SMILES string of the molecule is CSCCN(C)c1nc(C(C)(C)C)c(C(=O)O)s1. The molecule has 0 saturated heterocycles. The van der Waals surface area contributed by atoms with Crippen LogP contribution in [0.5, 0.6) is 0 Å². The number of carbonyl (C=O) groups is 1. The van der Waals surface area contributed by atoms with Crippen molar-refractivity contribution >= 4 is 34.2 Å². The number of thioether (sulfide) groups is 1. The second-order valence-electron chi connectivity index (χ2n) is 5.14. The first kappa shape index (κ1) is 15.3. The number of hydrogen-bond donors (Lipinski definition) is 1. The first-order valence-corrected chi connectivity index (χ1v) is 7.93. The highest BCUT2D eigenvalue weighted by Crippen LogP contribution is 2.33. The summed E-state index contributed by atoms with van der Waals surface area (Å²) in [5, 5.41) is 10.0. The predicted octanol–water partition coefficient (Wildman–Crippen LogP) is 2.94. The maximum Gasteiger partial charge on any atom is 0.347 e. The zero-order chi connectivity index (χ0) is 13.9. The number of thiazole rings is 1. The summed E-state index contributed by atoms with van der Waals surface area (Å²) in [4.78, 5) is 18.1. The summed E-state index contributed by atoms with van der Waals surface area (Å²) < 4.78 is 0. The molecule has 1 aromatic heterocycles. The van der Waals surface area contributed by atoms with Gasteiger partial charge >= 0.3 is 5.97 Å². The van der Waals surface area contributed by atoms with E-state index in [0.29, 0.717) is 10.6 Å². The molecule has 0 unspecified atom stereocenters. The molecule has 1 heterocycles. The standard InChI is InChI=1S/C12H20N2O2S2/c1-12(2,3)9-8(10(15)16)18-11(13-9)14(4)6-7-17-5/h6-7H2,1-5H3,(H,15,16). The highest BCUT2D eigenvalue weighted by Gasteiger charge is 2.27. The van der Waals surface area contributed by atoms with Gasteiger partial charge < -0.3 is 10.0 Å². The summed E-state index contributed by atoms with van der Waals surface area (Å²) in [6.07, 6.45) is 2.05. The average molecular weight is 288 g/mol. The molecule has 0 atom stereocenters. The van der Waals surface area contributed by atoms with Gasteiger partial charge in [0.2, 0.25) is 0 Å². The summed E-state index contributed by atoms with van der Waals surface area (Å²) in [5.41, 5.74) is 0.425. The van der Waals surface area contributed by atoms with Crippen LogP contribution in [0.4, 0.5) is 5.13 Å². The van der Waals surface area contributed by atoms with E-state index in [2.05, 4.69) is 11.2 Å². The Bertz CT molecular complexity index is 424. The lowest BCUT2D eigenvalue weighted by atomic mass is 9.91. The number of rotatable bonds is 5. The van der Waals surface area contributed by atoms with Gasteiger partial charge in [0.05, 0.1) is 5.69 Å². The lowest BCUT2D eigenvalue weighted by Crippen LogP contribution is -2.21. The first-order chi connectivity index (χ1) is 8.27. The molecule has 102 valence electrons. The van der Waals surface area contributed by atoms with Crippen molar-refractivity contribution in [1.82, 2.24) is 4.98 Å². The van der Waals surface area contributed by atoms with E-state index in [1.54, 1.807) is 11.8 Å². The van der Waals surface area contributed by atoms with Crippen LogP contribution in [0.25, 0.3) is 0 Å². The zero-order valence-electron chi connectivity index (χ0n) is 11.5. The van der Waals surface area contributed by atoms with E-state index in [1.807, 2.05) is 32.7 Å². The molecular weight excluding hydrogens is 268 g/mol. The van der Waals surface area contributed by atoms with Gasteiger partial charge in [0.1, 0.15) is 4.88 Å². The van der Waals surface area contributed by atoms with Gasteiger partial charge in [0, 0.05) is 24.8 Å². The fourth-order valence-electron chi connectivity index (χ4n) is 1.45. The van der Waals surface area contributed by atoms with Crippen LogP contribution in [0, 0.1) is 0 Å². The van der Waals surface area contributed by atoms with E-state index >= 15 is 0 Å². The summed E-state index contributed by atoms with van der Waals surface area (Å²) in [5.74, 6) is 0.116. The third kappa shape index (κ3) is 3.62. The number of aromatic nitrogens is 1. The van der Waals surface area contributed by atoms with Gasteiger partial charge in [0.15, 0.2) is 5.13 Å². The van der Waals surface area contributed by atoms with Crippen LogP contribution < -0.4 is 4.90 Å². The molecule has 1 aromatic rings. The molecule has 0 spiro atoms. The molecular formula is C12H20N2O2S2. The third-order valence-electron chi connectivity index (χ3n) is 2.48. The molecule has 0 aliphatic carbocycles. The maximum atomic E-state index is 11.3. The molecule has 6 heteroatoms. The minimum atomic E-state index is -0.887. The van der Waals surface area contributed by atoms with Gasteiger partial charge in [-0.25, -0.2) is 9.78 Å². The van der Waals surface area contributed by atoms with Crippen molar-refractivity contribution in [3.05, 3.63) is 10.6 Å². The van der Waals surface area contributed by atoms with Gasteiger partial charge in [-0.05, 0) is 6.26 Å². The summed E-state index contributed by atoms with van der Waals surface area (Å²) in [6.45, 7) is 6.83. The molecule has 0 aliphatic heterocycles. The predicted molar refractivity (Wildman–Crippen MR) is 79.4 cm³/mol. The Morgan fingerprint density at radius 3 is 2.50 bits per heavy atom. The normalized spacial score (nSPS) is 11.6. The van der Waals surface area contributed by atoms with Gasteiger partial charge in [-0.2, -0.15) is 11.8 Å². The number of aromatic carboxylic acids is 1. The van der Waals surface area contributed by atoms with Gasteiger partial charge in [0.25, 0.3) is 0 Å². The quantitative estimate of drug-likeness (QED) is 0.903. The van der Waals surface area contributed by atoms with Crippen molar-refractivity contribution in [1.29, 1.82) is 0 Å². The smallest absolute Gasteiger partial charge is 0.347 e. The van der Waals surface area contributed by atoms with Gasteiger partial charge in [-0.15, -0.1) is 0 Å². The summed E-state index contributed by atoms with van der Waals surface area (Å²) in [7, 11) is 1.95. The van der Waals surface area contributed by atoms with Gasteiger partial charge in [-0.1, -0.05) is 32.1 Å². The number of hydrogen-bond acceptors (Lipinski definition) is 5. The topological polar surface area (TPSA) is 53.4 Å². The second-order valence-corrected chi connectivity index (χ2v) is 7.11. The molecule has 0 saturated carbocycles. The molecule has 0 aliphatic rings. The van der Waals surface area contributed by atoms with Crippen LogP contribution in [0.2, 0.25) is 0 Å². The molecule has 0 bridgehead atoms. The summed E-state index contributed by atoms with van der Waals surface area (Å²) in [6, 6.07) is 0. The Balaban J connectivity index is 3.06. The monoisotopic (exact) mass is 288 g/mol. The second kappa shape index (κ2) is 5.93. The van der Waals surface area contributed by atoms with Crippen LogP contribution in [0.1, 0.15) is 36.1 Å². The van der Waals surface area contributed by atoms with Crippen molar-refractivity contribution in [2.45, 2.75) is 26.2 Å². The molecule has 0 amide bonds. The highest BCUT2D eigenvalue weighted by molar-refractivity contribution is 7.98. The average Bonchev–Trinajstić information content (AvgIpc) is 2.70. The molecule has 1 N–H and O–H groups in total. The highest BCUT2D eigenvalue weighted by atomic mass is 32.2. The van der Waals surface area contributed by atoms with Crippen LogP contribution in [-0.4, -0.2) is 41.7 Å². The van der Waals surface area contributed by atoms with E-state index < -0.39 is 5.97 Å². The van der Waals surface area contributed by atoms with Crippen molar-refractivity contribution in [3.63, 3.8) is 0 Å². The van der Waals surface area contributed by atoms with Crippen LogP contribution in [0.15, 0.2) is 0 Å². The lowest BCUT2D eigenvalue weighted by molar-refractivity contribution is 0.0699. The fraction of sp³-hybridized carbons (Fsp3) is 0.667. The lowest BCUT2D eigenvalue weighted by Gasteiger charge is -2.17. The number of anilines is 1.